The lowest BCUT2D eigenvalue weighted by molar-refractivity contribution is 0.102. The third kappa shape index (κ3) is 4.64. The molecule has 126 valence electrons. The first kappa shape index (κ1) is 16.6. The van der Waals surface area contributed by atoms with Gasteiger partial charge < -0.3 is 10.6 Å². The van der Waals surface area contributed by atoms with Crippen LogP contribution in [0, 0.1) is 6.92 Å². The Morgan fingerprint density at radius 3 is 2.28 bits per heavy atom. The lowest BCUT2D eigenvalue weighted by Gasteiger charge is -2.08. The number of aryl methyl sites for hydroxylation is 1. The van der Waals surface area contributed by atoms with E-state index in [9.17, 15) is 4.79 Å². The number of aromatic nitrogens is 2. The summed E-state index contributed by atoms with van der Waals surface area (Å²) in [6.45, 7) is 2.67. The van der Waals surface area contributed by atoms with Crippen molar-refractivity contribution in [2.75, 3.05) is 17.2 Å². The molecule has 0 aliphatic heterocycles. The molecule has 2 aromatic carbocycles. The standard InChI is InChI=1S/C20H20N4O/c1-15-7-5-6-10-17(15)20(25)22-19-12-11-18(23-24-19)21-14-13-16-8-3-2-4-9-16/h2-12H,13-14H2,1H3,(H,21,23)(H,22,24,25). The van der Waals surface area contributed by atoms with Crippen LogP contribution in [-0.4, -0.2) is 22.6 Å². The van der Waals surface area contributed by atoms with Crippen molar-refractivity contribution in [3.63, 3.8) is 0 Å². The number of carbonyl (C=O) groups is 1. The highest BCUT2D eigenvalue weighted by atomic mass is 16.1. The van der Waals surface area contributed by atoms with E-state index < -0.39 is 0 Å². The van der Waals surface area contributed by atoms with Crippen molar-refractivity contribution in [1.29, 1.82) is 0 Å². The number of amides is 1. The van der Waals surface area contributed by atoms with E-state index >= 15 is 0 Å². The Morgan fingerprint density at radius 2 is 1.56 bits per heavy atom. The predicted molar refractivity (Wildman–Crippen MR) is 99.8 cm³/mol. The molecule has 0 saturated carbocycles. The first-order chi connectivity index (χ1) is 12.2. The summed E-state index contributed by atoms with van der Waals surface area (Å²) in [7, 11) is 0. The van der Waals surface area contributed by atoms with Crippen molar-refractivity contribution in [1.82, 2.24) is 10.2 Å². The summed E-state index contributed by atoms with van der Waals surface area (Å²) in [5.41, 5.74) is 2.83. The second kappa shape index (κ2) is 8.06. The third-order valence-electron chi connectivity index (χ3n) is 3.86. The lowest BCUT2D eigenvalue weighted by Crippen LogP contribution is -2.15. The van der Waals surface area contributed by atoms with E-state index in [0.717, 1.165) is 18.5 Å². The third-order valence-corrected chi connectivity index (χ3v) is 3.86. The van der Waals surface area contributed by atoms with E-state index in [1.54, 1.807) is 12.1 Å². The zero-order chi connectivity index (χ0) is 17.5. The molecule has 0 fully saturated rings. The van der Waals surface area contributed by atoms with E-state index in [4.69, 9.17) is 0 Å². The fraction of sp³-hybridized carbons (Fsp3) is 0.150. The van der Waals surface area contributed by atoms with Crippen LogP contribution in [0.4, 0.5) is 11.6 Å². The second-order valence-corrected chi connectivity index (χ2v) is 5.74. The van der Waals surface area contributed by atoms with E-state index in [0.29, 0.717) is 17.2 Å². The number of anilines is 2. The van der Waals surface area contributed by atoms with Crippen molar-refractivity contribution >= 4 is 17.5 Å². The van der Waals surface area contributed by atoms with Gasteiger partial charge in [-0.2, -0.15) is 0 Å². The van der Waals surface area contributed by atoms with Crippen LogP contribution in [0.2, 0.25) is 0 Å². The summed E-state index contributed by atoms with van der Waals surface area (Å²) >= 11 is 0. The molecule has 0 unspecified atom stereocenters. The number of nitrogens with zero attached hydrogens (tertiary/aromatic N) is 2. The molecule has 5 heteroatoms. The summed E-state index contributed by atoms with van der Waals surface area (Å²) in [6.07, 6.45) is 0.911. The van der Waals surface area contributed by atoms with E-state index in [1.807, 2.05) is 49.4 Å². The van der Waals surface area contributed by atoms with Gasteiger partial charge in [-0.05, 0) is 42.7 Å². The molecule has 1 heterocycles. The molecule has 25 heavy (non-hydrogen) atoms. The van der Waals surface area contributed by atoms with Crippen molar-refractivity contribution in [3.8, 4) is 0 Å². The first-order valence-corrected chi connectivity index (χ1v) is 8.21. The van der Waals surface area contributed by atoms with Gasteiger partial charge >= 0.3 is 0 Å². The van der Waals surface area contributed by atoms with E-state index in [1.165, 1.54) is 5.56 Å². The monoisotopic (exact) mass is 332 g/mol. The molecule has 0 atom stereocenters. The lowest BCUT2D eigenvalue weighted by atomic mass is 10.1. The Balaban J connectivity index is 1.53. The van der Waals surface area contributed by atoms with Crippen molar-refractivity contribution in [2.24, 2.45) is 0 Å². The number of carbonyl (C=O) groups excluding carboxylic acids is 1. The number of benzene rings is 2. The van der Waals surface area contributed by atoms with Crippen LogP contribution in [0.5, 0.6) is 0 Å². The van der Waals surface area contributed by atoms with Gasteiger partial charge in [0.05, 0.1) is 0 Å². The van der Waals surface area contributed by atoms with Gasteiger partial charge in [-0.15, -0.1) is 10.2 Å². The van der Waals surface area contributed by atoms with Crippen LogP contribution in [-0.2, 0) is 6.42 Å². The Morgan fingerprint density at radius 1 is 0.880 bits per heavy atom. The normalized spacial score (nSPS) is 10.3. The van der Waals surface area contributed by atoms with Gasteiger partial charge in [0, 0.05) is 12.1 Å². The smallest absolute Gasteiger partial charge is 0.257 e. The zero-order valence-corrected chi connectivity index (χ0v) is 14.1. The number of nitrogens with one attached hydrogen (secondary N) is 2. The molecule has 3 rings (SSSR count). The number of hydrogen-bond donors (Lipinski definition) is 2. The van der Waals surface area contributed by atoms with Gasteiger partial charge in [0.25, 0.3) is 5.91 Å². The van der Waals surface area contributed by atoms with Gasteiger partial charge in [0.1, 0.15) is 5.82 Å². The molecule has 0 spiro atoms. The van der Waals surface area contributed by atoms with Crippen LogP contribution in [0.1, 0.15) is 21.5 Å². The molecule has 0 aliphatic carbocycles. The van der Waals surface area contributed by atoms with Crippen LogP contribution >= 0.6 is 0 Å². The highest BCUT2D eigenvalue weighted by Crippen LogP contribution is 2.11. The SMILES string of the molecule is Cc1ccccc1C(=O)Nc1ccc(NCCc2ccccc2)nn1. The minimum absolute atomic E-state index is 0.183. The molecule has 5 nitrogen and oxygen atoms in total. The van der Waals surface area contributed by atoms with Crippen LogP contribution in [0.3, 0.4) is 0 Å². The minimum atomic E-state index is -0.183. The van der Waals surface area contributed by atoms with Crippen LogP contribution < -0.4 is 10.6 Å². The first-order valence-electron chi connectivity index (χ1n) is 8.21. The van der Waals surface area contributed by atoms with E-state index in [2.05, 4.69) is 33.0 Å². The maximum atomic E-state index is 12.3. The molecular weight excluding hydrogens is 312 g/mol. The Labute approximate surface area is 147 Å². The van der Waals surface area contributed by atoms with E-state index in [-0.39, 0.29) is 5.91 Å². The van der Waals surface area contributed by atoms with Crippen LogP contribution in [0.15, 0.2) is 66.7 Å². The Hall–Kier alpha value is -3.21. The molecule has 0 saturated heterocycles. The Kier molecular flexibility index (Phi) is 5.36. The molecule has 2 N–H and O–H groups in total. The summed E-state index contributed by atoms with van der Waals surface area (Å²) in [5.74, 6) is 0.934. The van der Waals surface area contributed by atoms with Crippen LogP contribution in [0.25, 0.3) is 0 Å². The highest BCUT2D eigenvalue weighted by Gasteiger charge is 2.09. The fourth-order valence-corrected chi connectivity index (χ4v) is 2.48. The molecule has 1 amide bonds. The zero-order valence-electron chi connectivity index (χ0n) is 14.1. The second-order valence-electron chi connectivity index (χ2n) is 5.74. The van der Waals surface area contributed by atoms with Crippen molar-refractivity contribution in [3.05, 3.63) is 83.4 Å². The predicted octanol–water partition coefficient (Wildman–Crippen LogP) is 3.69. The average molecular weight is 332 g/mol. The summed E-state index contributed by atoms with van der Waals surface area (Å²) in [5, 5.41) is 14.2. The van der Waals surface area contributed by atoms with Crippen molar-refractivity contribution < 1.29 is 4.79 Å². The van der Waals surface area contributed by atoms with Gasteiger partial charge in [-0.25, -0.2) is 0 Å². The Bertz CT molecular complexity index is 832. The maximum absolute atomic E-state index is 12.3. The van der Waals surface area contributed by atoms with Crippen molar-refractivity contribution in [2.45, 2.75) is 13.3 Å². The van der Waals surface area contributed by atoms with Gasteiger partial charge in [-0.1, -0.05) is 48.5 Å². The molecule has 0 bridgehead atoms. The molecular formula is C20H20N4O. The molecule has 3 aromatic rings. The van der Waals surface area contributed by atoms with Gasteiger partial charge in [0.15, 0.2) is 5.82 Å². The summed E-state index contributed by atoms with van der Waals surface area (Å²) < 4.78 is 0. The van der Waals surface area contributed by atoms with Gasteiger partial charge in [0.2, 0.25) is 0 Å². The summed E-state index contributed by atoms with van der Waals surface area (Å²) in [6, 6.07) is 21.2. The minimum Gasteiger partial charge on any atom is -0.368 e. The highest BCUT2D eigenvalue weighted by molar-refractivity contribution is 6.04. The number of rotatable bonds is 6. The molecule has 0 radical (unpaired) electrons. The topological polar surface area (TPSA) is 66.9 Å². The molecule has 0 aliphatic rings. The largest absolute Gasteiger partial charge is 0.368 e. The van der Waals surface area contributed by atoms with Gasteiger partial charge in [-0.3, -0.25) is 4.79 Å². The average Bonchev–Trinajstić information content (AvgIpc) is 2.64. The molecule has 1 aromatic heterocycles. The number of hydrogen-bond acceptors (Lipinski definition) is 4. The quantitative estimate of drug-likeness (QED) is 0.722. The fourth-order valence-electron chi connectivity index (χ4n) is 2.48. The maximum Gasteiger partial charge on any atom is 0.257 e. The summed E-state index contributed by atoms with van der Waals surface area (Å²) in [4.78, 5) is 12.3.